The number of para-hydroxylation sites is 1. The van der Waals surface area contributed by atoms with Crippen LogP contribution in [0.3, 0.4) is 0 Å². The number of aliphatic hydroxyl groups is 1. The molecule has 1 fully saturated rings. The Hall–Kier alpha value is -1.88. The minimum Gasteiger partial charge on any atom is -0.481 e. The second-order valence-electron chi connectivity index (χ2n) is 6.17. The maximum atomic E-state index is 12.3. The second kappa shape index (κ2) is 7.40. The Morgan fingerprint density at radius 3 is 2.41 bits per heavy atom. The molecule has 0 saturated heterocycles. The Bertz CT molecular complexity index is 535. The highest BCUT2D eigenvalue weighted by Crippen LogP contribution is 2.42. The highest BCUT2D eigenvalue weighted by Gasteiger charge is 2.36. The topological polar surface area (TPSA) is 86.6 Å². The zero-order chi connectivity index (χ0) is 16.0. The van der Waals surface area contributed by atoms with Crippen LogP contribution in [0.4, 0.5) is 5.69 Å². The van der Waals surface area contributed by atoms with Crippen LogP contribution in [0.15, 0.2) is 24.3 Å². The summed E-state index contributed by atoms with van der Waals surface area (Å²) in [6, 6.07) is 7.09. The molecule has 0 bridgehead atoms. The van der Waals surface area contributed by atoms with Crippen molar-refractivity contribution in [1.29, 1.82) is 0 Å². The summed E-state index contributed by atoms with van der Waals surface area (Å²) in [5.74, 6) is -1.02. The Morgan fingerprint density at radius 2 is 1.77 bits per heavy atom. The zero-order valence-corrected chi connectivity index (χ0v) is 12.7. The van der Waals surface area contributed by atoms with Crippen molar-refractivity contribution in [3.63, 3.8) is 0 Å². The van der Waals surface area contributed by atoms with Gasteiger partial charge in [-0.3, -0.25) is 9.59 Å². The highest BCUT2D eigenvalue weighted by atomic mass is 16.4. The number of benzene rings is 1. The number of anilines is 1. The van der Waals surface area contributed by atoms with Crippen LogP contribution in [-0.2, 0) is 16.2 Å². The van der Waals surface area contributed by atoms with E-state index in [0.717, 1.165) is 32.1 Å². The van der Waals surface area contributed by atoms with Gasteiger partial charge in [-0.05, 0) is 24.3 Å². The number of carbonyl (C=O) groups is 2. The number of carbonyl (C=O) groups excluding carboxylic acids is 1. The fourth-order valence-electron chi connectivity index (χ4n) is 3.35. The Labute approximate surface area is 130 Å². The van der Waals surface area contributed by atoms with Crippen molar-refractivity contribution in [3.05, 3.63) is 29.8 Å². The van der Waals surface area contributed by atoms with Crippen molar-refractivity contribution < 1.29 is 19.8 Å². The Kier molecular flexibility index (Phi) is 5.55. The molecule has 1 aromatic rings. The lowest BCUT2D eigenvalue weighted by molar-refractivity contribution is -0.140. The van der Waals surface area contributed by atoms with Crippen LogP contribution in [0.2, 0.25) is 0 Å². The SMILES string of the molecule is O=C(O)CC1(CC(=O)Nc2ccccc2CO)CCCCC1. The van der Waals surface area contributed by atoms with Crippen LogP contribution in [0.5, 0.6) is 0 Å². The van der Waals surface area contributed by atoms with Gasteiger partial charge in [0, 0.05) is 17.7 Å². The fourth-order valence-corrected chi connectivity index (χ4v) is 3.35. The molecule has 0 spiro atoms. The molecule has 2 rings (SSSR count). The van der Waals surface area contributed by atoms with Gasteiger partial charge in [0.25, 0.3) is 0 Å². The summed E-state index contributed by atoms with van der Waals surface area (Å²) in [6.07, 6.45) is 4.90. The van der Waals surface area contributed by atoms with Gasteiger partial charge in [0.2, 0.25) is 5.91 Å². The van der Waals surface area contributed by atoms with Gasteiger partial charge in [-0.15, -0.1) is 0 Å². The molecule has 0 atom stereocenters. The molecule has 3 N–H and O–H groups in total. The molecule has 0 radical (unpaired) electrons. The van der Waals surface area contributed by atoms with Gasteiger partial charge in [-0.25, -0.2) is 0 Å². The number of aliphatic hydroxyl groups excluding tert-OH is 1. The standard InChI is InChI=1S/C17H23NO4/c19-12-13-6-2-3-7-14(13)18-15(20)10-17(11-16(21)22)8-4-1-5-9-17/h2-3,6-7,19H,1,4-5,8-12H2,(H,18,20)(H,21,22). The van der Waals surface area contributed by atoms with E-state index in [2.05, 4.69) is 5.32 Å². The van der Waals surface area contributed by atoms with Crippen molar-refractivity contribution in [1.82, 2.24) is 0 Å². The molecular weight excluding hydrogens is 282 g/mol. The molecule has 0 unspecified atom stereocenters. The number of hydrogen-bond acceptors (Lipinski definition) is 3. The van der Waals surface area contributed by atoms with E-state index in [-0.39, 0.29) is 25.4 Å². The number of hydrogen-bond donors (Lipinski definition) is 3. The molecule has 1 saturated carbocycles. The maximum absolute atomic E-state index is 12.3. The van der Waals surface area contributed by atoms with Gasteiger partial charge in [-0.2, -0.15) is 0 Å². The molecular formula is C17H23NO4. The van der Waals surface area contributed by atoms with Crippen LogP contribution in [0.1, 0.15) is 50.5 Å². The van der Waals surface area contributed by atoms with E-state index in [1.807, 2.05) is 0 Å². The summed E-state index contributed by atoms with van der Waals surface area (Å²) in [7, 11) is 0. The first-order valence-electron chi connectivity index (χ1n) is 7.75. The van der Waals surface area contributed by atoms with Crippen molar-refractivity contribution in [3.8, 4) is 0 Å². The summed E-state index contributed by atoms with van der Waals surface area (Å²) in [5, 5.41) is 21.3. The first kappa shape index (κ1) is 16.5. The lowest BCUT2D eigenvalue weighted by atomic mass is 9.69. The summed E-state index contributed by atoms with van der Waals surface area (Å²) < 4.78 is 0. The number of carboxylic acids is 1. The van der Waals surface area contributed by atoms with Crippen LogP contribution in [0.25, 0.3) is 0 Å². The van der Waals surface area contributed by atoms with E-state index < -0.39 is 11.4 Å². The van der Waals surface area contributed by atoms with E-state index in [4.69, 9.17) is 5.11 Å². The van der Waals surface area contributed by atoms with Crippen molar-refractivity contribution in [2.75, 3.05) is 5.32 Å². The quantitative estimate of drug-likeness (QED) is 0.754. The van der Waals surface area contributed by atoms with E-state index in [0.29, 0.717) is 11.3 Å². The van der Waals surface area contributed by atoms with Crippen molar-refractivity contribution in [2.24, 2.45) is 5.41 Å². The molecule has 0 heterocycles. The second-order valence-corrected chi connectivity index (χ2v) is 6.17. The molecule has 5 nitrogen and oxygen atoms in total. The highest BCUT2D eigenvalue weighted by molar-refractivity contribution is 5.92. The van der Waals surface area contributed by atoms with Crippen LogP contribution in [0, 0.1) is 5.41 Å². The molecule has 1 aliphatic carbocycles. The number of nitrogens with one attached hydrogen (secondary N) is 1. The molecule has 1 aromatic carbocycles. The minimum absolute atomic E-state index is 0.0437. The lowest BCUT2D eigenvalue weighted by Gasteiger charge is -2.35. The molecule has 0 aliphatic heterocycles. The fraction of sp³-hybridized carbons (Fsp3) is 0.529. The van der Waals surface area contributed by atoms with Crippen molar-refractivity contribution >= 4 is 17.6 Å². The van der Waals surface area contributed by atoms with E-state index >= 15 is 0 Å². The van der Waals surface area contributed by atoms with Gasteiger partial charge < -0.3 is 15.5 Å². The number of carboxylic acid groups (broad SMARTS) is 1. The smallest absolute Gasteiger partial charge is 0.303 e. The van der Waals surface area contributed by atoms with E-state index in [1.165, 1.54) is 0 Å². The summed E-state index contributed by atoms with van der Waals surface area (Å²) >= 11 is 0. The third-order valence-corrected chi connectivity index (χ3v) is 4.44. The van der Waals surface area contributed by atoms with Gasteiger partial charge in [0.1, 0.15) is 0 Å². The first-order chi connectivity index (χ1) is 10.5. The molecule has 5 heteroatoms. The van der Waals surface area contributed by atoms with Crippen LogP contribution < -0.4 is 5.32 Å². The average molecular weight is 305 g/mol. The minimum atomic E-state index is -0.842. The summed E-state index contributed by atoms with van der Waals surface area (Å²) in [6.45, 7) is -0.142. The summed E-state index contributed by atoms with van der Waals surface area (Å²) in [5.41, 5.74) is 0.825. The Morgan fingerprint density at radius 1 is 1.09 bits per heavy atom. The third-order valence-electron chi connectivity index (χ3n) is 4.44. The largest absolute Gasteiger partial charge is 0.481 e. The Balaban J connectivity index is 2.06. The van der Waals surface area contributed by atoms with Crippen LogP contribution in [-0.4, -0.2) is 22.1 Å². The average Bonchev–Trinajstić information content (AvgIpc) is 2.47. The van der Waals surface area contributed by atoms with E-state index in [1.54, 1.807) is 24.3 Å². The first-order valence-corrected chi connectivity index (χ1v) is 7.75. The number of rotatable bonds is 6. The number of aliphatic carboxylic acids is 1. The van der Waals surface area contributed by atoms with Gasteiger partial charge in [0.15, 0.2) is 0 Å². The van der Waals surface area contributed by atoms with Gasteiger partial charge >= 0.3 is 5.97 Å². The normalized spacial score (nSPS) is 17.0. The van der Waals surface area contributed by atoms with Crippen LogP contribution >= 0.6 is 0 Å². The molecule has 120 valence electrons. The monoisotopic (exact) mass is 305 g/mol. The lowest BCUT2D eigenvalue weighted by Crippen LogP contribution is -2.32. The molecule has 1 amide bonds. The summed E-state index contributed by atoms with van der Waals surface area (Å²) in [4.78, 5) is 23.5. The zero-order valence-electron chi connectivity index (χ0n) is 12.7. The number of amides is 1. The third kappa shape index (κ3) is 4.31. The molecule has 22 heavy (non-hydrogen) atoms. The van der Waals surface area contributed by atoms with E-state index in [9.17, 15) is 14.7 Å². The van der Waals surface area contributed by atoms with Gasteiger partial charge in [0.05, 0.1) is 13.0 Å². The molecule has 1 aliphatic rings. The van der Waals surface area contributed by atoms with Crippen molar-refractivity contribution in [2.45, 2.75) is 51.6 Å². The maximum Gasteiger partial charge on any atom is 0.303 e. The predicted octanol–water partition coefficient (Wildman–Crippen LogP) is 2.93. The van der Waals surface area contributed by atoms with Gasteiger partial charge in [-0.1, -0.05) is 37.5 Å². The molecule has 0 aromatic heterocycles. The predicted molar refractivity (Wildman–Crippen MR) is 83.4 cm³/mol.